The van der Waals surface area contributed by atoms with Gasteiger partial charge in [0.2, 0.25) is 10.0 Å². The third-order valence-corrected chi connectivity index (χ3v) is 6.29. The number of ether oxygens (including phenoxy) is 1. The quantitative estimate of drug-likeness (QED) is 0.641. The molecule has 0 bridgehead atoms. The molecular formula is C19H27N3O6S. The van der Waals surface area contributed by atoms with E-state index in [-0.39, 0.29) is 10.5 Å². The molecule has 1 heterocycles. The zero-order chi connectivity index (χ0) is 21.3. The lowest BCUT2D eigenvalue weighted by molar-refractivity contribution is -0.123. The van der Waals surface area contributed by atoms with Crippen LogP contribution < -0.4 is 10.6 Å². The fraction of sp³-hybridized carbons (Fsp3) is 0.526. The van der Waals surface area contributed by atoms with Crippen molar-refractivity contribution in [3.05, 3.63) is 29.8 Å². The summed E-state index contributed by atoms with van der Waals surface area (Å²) in [5.41, 5.74) is 0.0177. The van der Waals surface area contributed by atoms with E-state index in [0.717, 1.165) is 25.7 Å². The minimum atomic E-state index is -3.70. The summed E-state index contributed by atoms with van der Waals surface area (Å²) in [4.78, 5) is 35.3. The van der Waals surface area contributed by atoms with Crippen molar-refractivity contribution in [1.29, 1.82) is 0 Å². The molecule has 10 heteroatoms. The van der Waals surface area contributed by atoms with Crippen LogP contribution in [0.3, 0.4) is 0 Å². The standard InChI is InChI=1S/C19H27N3O6S/c1-2-10-20-19(25)21-17(23)14-28-18(24)15-8-7-9-16(13-15)29(26,27)22-11-5-3-4-6-12-22/h7-9,13H,2-6,10-12,14H2,1H3,(H2,20,21,23,25). The lowest BCUT2D eigenvalue weighted by Gasteiger charge is -2.20. The molecule has 2 rings (SSSR count). The first-order valence-electron chi connectivity index (χ1n) is 9.69. The van der Waals surface area contributed by atoms with Gasteiger partial charge < -0.3 is 10.1 Å². The molecule has 2 N–H and O–H groups in total. The molecule has 1 aromatic rings. The average Bonchev–Trinajstić information content (AvgIpc) is 3.00. The highest BCUT2D eigenvalue weighted by Gasteiger charge is 2.26. The van der Waals surface area contributed by atoms with Crippen molar-refractivity contribution in [3.8, 4) is 0 Å². The number of benzene rings is 1. The Morgan fingerprint density at radius 3 is 2.45 bits per heavy atom. The Kier molecular flexibility index (Phi) is 8.59. The van der Waals surface area contributed by atoms with E-state index in [1.54, 1.807) is 0 Å². The van der Waals surface area contributed by atoms with E-state index in [1.807, 2.05) is 12.2 Å². The van der Waals surface area contributed by atoms with Gasteiger partial charge in [-0.1, -0.05) is 25.8 Å². The SMILES string of the molecule is CCCNC(=O)NC(=O)COC(=O)c1cccc(S(=O)(=O)N2CCCCCC2)c1. The molecule has 1 fully saturated rings. The second kappa shape index (κ2) is 10.9. The molecule has 0 unspecified atom stereocenters. The first kappa shape index (κ1) is 22.8. The van der Waals surface area contributed by atoms with Crippen LogP contribution >= 0.6 is 0 Å². The van der Waals surface area contributed by atoms with Gasteiger partial charge in [-0.3, -0.25) is 10.1 Å². The minimum Gasteiger partial charge on any atom is -0.452 e. The molecule has 1 aliphatic heterocycles. The minimum absolute atomic E-state index is 0.0113. The molecule has 1 aromatic carbocycles. The van der Waals surface area contributed by atoms with Crippen LogP contribution in [-0.4, -0.2) is 56.9 Å². The van der Waals surface area contributed by atoms with Crippen LogP contribution in [0.15, 0.2) is 29.2 Å². The summed E-state index contributed by atoms with van der Waals surface area (Å²) < 4.78 is 32.0. The molecule has 0 aromatic heterocycles. The Labute approximate surface area is 170 Å². The van der Waals surface area contributed by atoms with Gasteiger partial charge in [0.15, 0.2) is 6.61 Å². The maximum absolute atomic E-state index is 12.9. The van der Waals surface area contributed by atoms with Crippen molar-refractivity contribution in [1.82, 2.24) is 14.9 Å². The van der Waals surface area contributed by atoms with Crippen molar-refractivity contribution >= 4 is 27.9 Å². The topological polar surface area (TPSA) is 122 Å². The van der Waals surface area contributed by atoms with E-state index in [9.17, 15) is 22.8 Å². The van der Waals surface area contributed by atoms with Gasteiger partial charge >= 0.3 is 12.0 Å². The summed E-state index contributed by atoms with van der Waals surface area (Å²) in [6.45, 7) is 2.54. The summed E-state index contributed by atoms with van der Waals surface area (Å²) in [6.07, 6.45) is 4.32. The van der Waals surface area contributed by atoms with Crippen LogP contribution in [0.1, 0.15) is 49.4 Å². The summed E-state index contributed by atoms with van der Waals surface area (Å²) in [6, 6.07) is 4.88. The Morgan fingerprint density at radius 2 is 1.79 bits per heavy atom. The molecule has 0 spiro atoms. The molecule has 9 nitrogen and oxygen atoms in total. The highest BCUT2D eigenvalue weighted by molar-refractivity contribution is 7.89. The second-order valence-electron chi connectivity index (χ2n) is 6.73. The number of rotatable bonds is 7. The lowest BCUT2D eigenvalue weighted by atomic mass is 10.2. The number of nitrogens with zero attached hydrogens (tertiary/aromatic N) is 1. The van der Waals surface area contributed by atoms with Crippen LogP contribution in [0.25, 0.3) is 0 Å². The number of hydrogen-bond acceptors (Lipinski definition) is 6. The number of urea groups is 1. The van der Waals surface area contributed by atoms with E-state index in [1.165, 1.54) is 28.6 Å². The summed E-state index contributed by atoms with van der Waals surface area (Å²) in [5.74, 6) is -1.62. The van der Waals surface area contributed by atoms with Crippen LogP contribution in [0, 0.1) is 0 Å². The van der Waals surface area contributed by atoms with Gasteiger partial charge in [-0.2, -0.15) is 4.31 Å². The number of amides is 3. The normalized spacial score (nSPS) is 15.2. The van der Waals surface area contributed by atoms with Crippen LogP contribution in [0.2, 0.25) is 0 Å². The summed E-state index contributed by atoms with van der Waals surface area (Å²) in [5, 5.41) is 4.50. The third kappa shape index (κ3) is 6.82. The fourth-order valence-electron chi connectivity index (χ4n) is 2.87. The van der Waals surface area contributed by atoms with Crippen LogP contribution in [-0.2, 0) is 19.6 Å². The Morgan fingerprint density at radius 1 is 1.10 bits per heavy atom. The number of carbonyl (C=O) groups excluding carboxylic acids is 3. The fourth-order valence-corrected chi connectivity index (χ4v) is 4.44. The summed E-state index contributed by atoms with van der Waals surface area (Å²) >= 11 is 0. The molecule has 1 aliphatic rings. The predicted molar refractivity (Wildman–Crippen MR) is 106 cm³/mol. The number of sulfonamides is 1. The first-order valence-corrected chi connectivity index (χ1v) is 11.1. The highest BCUT2D eigenvalue weighted by atomic mass is 32.2. The highest BCUT2D eigenvalue weighted by Crippen LogP contribution is 2.21. The van der Waals surface area contributed by atoms with Crippen LogP contribution in [0.5, 0.6) is 0 Å². The Hall–Kier alpha value is -2.46. The van der Waals surface area contributed by atoms with E-state index in [2.05, 4.69) is 5.32 Å². The van der Waals surface area contributed by atoms with Gasteiger partial charge in [-0.15, -0.1) is 0 Å². The van der Waals surface area contributed by atoms with Crippen LogP contribution in [0.4, 0.5) is 4.79 Å². The monoisotopic (exact) mass is 425 g/mol. The van der Waals surface area contributed by atoms with Gasteiger partial charge in [0.05, 0.1) is 10.5 Å². The first-order chi connectivity index (χ1) is 13.8. The van der Waals surface area contributed by atoms with Gasteiger partial charge in [0.25, 0.3) is 5.91 Å². The zero-order valence-corrected chi connectivity index (χ0v) is 17.3. The summed E-state index contributed by atoms with van der Waals surface area (Å²) in [7, 11) is -3.70. The van der Waals surface area contributed by atoms with Gasteiger partial charge in [0.1, 0.15) is 0 Å². The Bertz CT molecular complexity index is 832. The maximum Gasteiger partial charge on any atom is 0.338 e. The van der Waals surface area contributed by atoms with Gasteiger partial charge in [0, 0.05) is 19.6 Å². The van der Waals surface area contributed by atoms with Gasteiger partial charge in [-0.05, 0) is 37.5 Å². The molecule has 3 amide bonds. The molecule has 0 aliphatic carbocycles. The molecule has 160 valence electrons. The predicted octanol–water partition coefficient (Wildman–Crippen LogP) is 1.64. The molecule has 1 saturated heterocycles. The van der Waals surface area contributed by atoms with Crippen molar-refractivity contribution in [2.75, 3.05) is 26.2 Å². The van der Waals surface area contributed by atoms with Crippen molar-refractivity contribution < 1.29 is 27.5 Å². The molecule has 29 heavy (non-hydrogen) atoms. The van der Waals surface area contributed by atoms with Crippen molar-refractivity contribution in [3.63, 3.8) is 0 Å². The van der Waals surface area contributed by atoms with E-state index in [0.29, 0.717) is 26.1 Å². The van der Waals surface area contributed by atoms with Crippen molar-refractivity contribution in [2.24, 2.45) is 0 Å². The molecule has 0 saturated carbocycles. The third-order valence-electron chi connectivity index (χ3n) is 4.40. The zero-order valence-electron chi connectivity index (χ0n) is 16.5. The molecule has 0 radical (unpaired) electrons. The maximum atomic E-state index is 12.9. The largest absolute Gasteiger partial charge is 0.452 e. The number of esters is 1. The lowest BCUT2D eigenvalue weighted by Crippen LogP contribution is -2.41. The smallest absolute Gasteiger partial charge is 0.338 e. The molecular weight excluding hydrogens is 398 g/mol. The average molecular weight is 426 g/mol. The number of nitrogens with one attached hydrogen (secondary N) is 2. The molecule has 0 atom stereocenters. The number of carbonyl (C=O) groups is 3. The van der Waals surface area contributed by atoms with E-state index < -0.39 is 34.5 Å². The van der Waals surface area contributed by atoms with E-state index in [4.69, 9.17) is 4.74 Å². The van der Waals surface area contributed by atoms with E-state index >= 15 is 0 Å². The number of hydrogen-bond donors (Lipinski definition) is 2. The second-order valence-corrected chi connectivity index (χ2v) is 8.66. The number of imide groups is 1. The van der Waals surface area contributed by atoms with Crippen molar-refractivity contribution in [2.45, 2.75) is 43.9 Å². The Balaban J connectivity index is 1.98. The van der Waals surface area contributed by atoms with Gasteiger partial charge in [-0.25, -0.2) is 18.0 Å².